The van der Waals surface area contributed by atoms with Crippen LogP contribution in [0, 0.1) is 0 Å². The fourth-order valence-corrected chi connectivity index (χ4v) is 2.53. The third-order valence-corrected chi connectivity index (χ3v) is 3.69. The van der Waals surface area contributed by atoms with Crippen molar-refractivity contribution in [2.75, 3.05) is 13.1 Å². The van der Waals surface area contributed by atoms with Crippen molar-refractivity contribution in [2.45, 2.75) is 25.3 Å². The van der Waals surface area contributed by atoms with Crippen LogP contribution in [-0.4, -0.2) is 51.5 Å². The minimum absolute atomic E-state index is 0.116. The van der Waals surface area contributed by atoms with Crippen molar-refractivity contribution in [1.29, 1.82) is 0 Å². The average Bonchev–Trinajstić information content (AvgIpc) is 3.10. The molecule has 0 aliphatic carbocycles. The number of ether oxygens (including phenoxy) is 2. The van der Waals surface area contributed by atoms with E-state index in [2.05, 4.69) is 15.0 Å². The molecular weight excluding hydrogens is 341 g/mol. The fourth-order valence-electron chi connectivity index (χ4n) is 2.53. The first-order valence-electron chi connectivity index (χ1n) is 7.59. The second kappa shape index (κ2) is 6.99. The summed E-state index contributed by atoms with van der Waals surface area (Å²) in [6, 6.07) is 5.00. The molecule has 1 saturated heterocycles. The number of aromatic nitrogens is 3. The number of nitrogens with zero attached hydrogens (tertiary/aromatic N) is 4. The standard InChI is InChI=1S/C15H15F3N4O3/c16-15(17,18)25-13-3-1-11(2-4-13)24-12-5-8-21(9-6-12)14(23)22-10-7-19-20-22/h1-4,7,10,12H,5-6,8-9H2. The van der Waals surface area contributed by atoms with Crippen LogP contribution < -0.4 is 9.47 Å². The number of carbonyl (C=O) groups excluding carboxylic acids is 1. The molecule has 25 heavy (non-hydrogen) atoms. The molecule has 0 unspecified atom stereocenters. The van der Waals surface area contributed by atoms with Gasteiger partial charge in [0.25, 0.3) is 0 Å². The van der Waals surface area contributed by atoms with E-state index in [1.54, 1.807) is 4.90 Å². The van der Waals surface area contributed by atoms with E-state index in [-0.39, 0.29) is 17.9 Å². The molecular formula is C15H15F3N4O3. The molecule has 0 N–H and O–H groups in total. The average molecular weight is 356 g/mol. The summed E-state index contributed by atoms with van der Waals surface area (Å²) in [5, 5.41) is 7.26. The number of rotatable bonds is 3. The van der Waals surface area contributed by atoms with Crippen LogP contribution in [0.3, 0.4) is 0 Å². The predicted molar refractivity (Wildman–Crippen MR) is 79.2 cm³/mol. The van der Waals surface area contributed by atoms with E-state index in [9.17, 15) is 18.0 Å². The van der Waals surface area contributed by atoms with E-state index in [0.29, 0.717) is 31.7 Å². The van der Waals surface area contributed by atoms with Crippen molar-refractivity contribution in [1.82, 2.24) is 19.9 Å². The first-order valence-corrected chi connectivity index (χ1v) is 7.59. The molecule has 1 aliphatic heterocycles. The normalized spacial score (nSPS) is 15.9. The molecule has 2 aromatic rings. The van der Waals surface area contributed by atoms with Crippen LogP contribution in [0.4, 0.5) is 18.0 Å². The third kappa shape index (κ3) is 4.61. The number of benzene rings is 1. The zero-order valence-corrected chi connectivity index (χ0v) is 13.0. The summed E-state index contributed by atoms with van der Waals surface area (Å²) >= 11 is 0. The minimum atomic E-state index is -4.72. The van der Waals surface area contributed by atoms with Crippen molar-refractivity contribution in [2.24, 2.45) is 0 Å². The summed E-state index contributed by atoms with van der Waals surface area (Å²) in [5.74, 6) is 0.156. The molecule has 1 aromatic heterocycles. The lowest BCUT2D eigenvalue weighted by atomic mass is 10.1. The first-order chi connectivity index (χ1) is 11.9. The number of hydrogen-bond acceptors (Lipinski definition) is 5. The summed E-state index contributed by atoms with van der Waals surface area (Å²) in [4.78, 5) is 13.8. The Morgan fingerprint density at radius 2 is 1.76 bits per heavy atom. The molecule has 1 aromatic carbocycles. The Balaban J connectivity index is 1.50. The van der Waals surface area contributed by atoms with Gasteiger partial charge in [0, 0.05) is 25.9 Å². The van der Waals surface area contributed by atoms with Gasteiger partial charge in [-0.3, -0.25) is 0 Å². The van der Waals surface area contributed by atoms with Gasteiger partial charge in [0.15, 0.2) is 0 Å². The molecule has 3 rings (SSSR count). The molecule has 134 valence electrons. The maximum absolute atomic E-state index is 12.1. The highest BCUT2D eigenvalue weighted by Crippen LogP contribution is 2.26. The van der Waals surface area contributed by atoms with Gasteiger partial charge in [0.05, 0.1) is 12.4 Å². The van der Waals surface area contributed by atoms with Gasteiger partial charge < -0.3 is 14.4 Å². The Hall–Kier alpha value is -2.78. The Kier molecular flexibility index (Phi) is 4.77. The number of alkyl halides is 3. The number of likely N-dealkylation sites (tertiary alicyclic amines) is 1. The highest BCUT2D eigenvalue weighted by atomic mass is 19.4. The highest BCUT2D eigenvalue weighted by molar-refractivity contribution is 5.75. The van der Waals surface area contributed by atoms with Gasteiger partial charge in [-0.15, -0.1) is 18.3 Å². The van der Waals surface area contributed by atoms with Gasteiger partial charge in [0.1, 0.15) is 17.6 Å². The SMILES string of the molecule is O=C(N1CCC(Oc2ccc(OC(F)(F)F)cc2)CC1)n1ccnn1. The summed E-state index contributed by atoms with van der Waals surface area (Å²) in [6.07, 6.45) is -0.696. The molecule has 1 amide bonds. The molecule has 0 bridgehead atoms. The summed E-state index contributed by atoms with van der Waals surface area (Å²) in [5.41, 5.74) is 0. The highest BCUT2D eigenvalue weighted by Gasteiger charge is 2.31. The second-order valence-corrected chi connectivity index (χ2v) is 5.45. The van der Waals surface area contributed by atoms with Gasteiger partial charge in [-0.1, -0.05) is 5.21 Å². The Labute approximate surface area is 140 Å². The van der Waals surface area contributed by atoms with Crippen molar-refractivity contribution in [3.8, 4) is 11.5 Å². The van der Waals surface area contributed by atoms with E-state index >= 15 is 0 Å². The van der Waals surface area contributed by atoms with Crippen LogP contribution in [0.5, 0.6) is 11.5 Å². The van der Waals surface area contributed by atoms with Gasteiger partial charge >= 0.3 is 12.4 Å². The number of piperidine rings is 1. The van der Waals surface area contributed by atoms with Gasteiger partial charge in [-0.05, 0) is 24.3 Å². The summed E-state index contributed by atoms with van der Waals surface area (Å²) < 4.78 is 47.1. The summed E-state index contributed by atoms with van der Waals surface area (Å²) in [6.45, 7) is 0.997. The van der Waals surface area contributed by atoms with E-state index < -0.39 is 6.36 Å². The van der Waals surface area contributed by atoms with Crippen LogP contribution >= 0.6 is 0 Å². The molecule has 2 heterocycles. The van der Waals surface area contributed by atoms with Gasteiger partial charge in [-0.25, -0.2) is 4.79 Å². The molecule has 7 nitrogen and oxygen atoms in total. The number of hydrogen-bond donors (Lipinski definition) is 0. The zero-order chi connectivity index (χ0) is 17.9. The smallest absolute Gasteiger partial charge is 0.490 e. The molecule has 10 heteroatoms. The lowest BCUT2D eigenvalue weighted by Gasteiger charge is -2.31. The lowest BCUT2D eigenvalue weighted by molar-refractivity contribution is -0.274. The Morgan fingerprint density at radius 3 is 2.32 bits per heavy atom. The monoisotopic (exact) mass is 356 g/mol. The molecule has 0 spiro atoms. The van der Waals surface area contributed by atoms with Crippen LogP contribution in [0.1, 0.15) is 12.8 Å². The molecule has 0 radical (unpaired) electrons. The topological polar surface area (TPSA) is 69.5 Å². The van der Waals surface area contributed by atoms with E-state index in [0.717, 1.165) is 0 Å². The van der Waals surface area contributed by atoms with Gasteiger partial charge in [-0.2, -0.15) is 4.68 Å². The number of carbonyl (C=O) groups is 1. The summed E-state index contributed by atoms with van der Waals surface area (Å²) in [7, 11) is 0. The van der Waals surface area contributed by atoms with Crippen molar-refractivity contribution < 1.29 is 27.4 Å². The zero-order valence-electron chi connectivity index (χ0n) is 13.0. The lowest BCUT2D eigenvalue weighted by Crippen LogP contribution is -2.43. The molecule has 1 fully saturated rings. The van der Waals surface area contributed by atoms with Crippen molar-refractivity contribution in [3.63, 3.8) is 0 Å². The Morgan fingerprint density at radius 1 is 1.12 bits per heavy atom. The number of halogens is 3. The third-order valence-electron chi connectivity index (χ3n) is 3.69. The largest absolute Gasteiger partial charge is 0.573 e. The first kappa shape index (κ1) is 17.1. The van der Waals surface area contributed by atoms with Crippen LogP contribution in [0.15, 0.2) is 36.7 Å². The Bertz CT molecular complexity index is 696. The molecule has 1 aliphatic rings. The fraction of sp³-hybridized carbons (Fsp3) is 0.400. The second-order valence-electron chi connectivity index (χ2n) is 5.45. The van der Waals surface area contributed by atoms with Crippen LogP contribution in [0.25, 0.3) is 0 Å². The van der Waals surface area contributed by atoms with E-state index in [4.69, 9.17) is 4.74 Å². The number of amides is 1. The van der Waals surface area contributed by atoms with Gasteiger partial charge in [0.2, 0.25) is 0 Å². The van der Waals surface area contributed by atoms with E-state index in [1.807, 2.05) is 0 Å². The maximum Gasteiger partial charge on any atom is 0.573 e. The molecule has 0 atom stereocenters. The van der Waals surface area contributed by atoms with E-state index in [1.165, 1.54) is 41.3 Å². The maximum atomic E-state index is 12.1. The van der Waals surface area contributed by atoms with Crippen LogP contribution in [0.2, 0.25) is 0 Å². The minimum Gasteiger partial charge on any atom is -0.490 e. The quantitative estimate of drug-likeness (QED) is 0.846. The van der Waals surface area contributed by atoms with Crippen molar-refractivity contribution >= 4 is 6.03 Å². The molecule has 0 saturated carbocycles. The predicted octanol–water partition coefficient (Wildman–Crippen LogP) is 2.69. The van der Waals surface area contributed by atoms with Crippen LogP contribution in [-0.2, 0) is 0 Å². The van der Waals surface area contributed by atoms with Crippen molar-refractivity contribution in [3.05, 3.63) is 36.7 Å².